The van der Waals surface area contributed by atoms with Gasteiger partial charge in [-0.3, -0.25) is 0 Å². The average molecular weight is 331 g/mol. The Morgan fingerprint density at radius 1 is 1.04 bits per heavy atom. The fraction of sp³-hybridized carbons (Fsp3) is 0.105. The Morgan fingerprint density at radius 3 is 2.56 bits per heavy atom. The number of aromatic nitrogens is 2. The fourth-order valence-corrected chi connectivity index (χ4v) is 2.33. The van der Waals surface area contributed by atoms with Crippen molar-refractivity contribution in [2.75, 3.05) is 17.7 Å². The van der Waals surface area contributed by atoms with Crippen molar-refractivity contribution in [2.45, 2.75) is 6.54 Å². The van der Waals surface area contributed by atoms with Gasteiger partial charge in [-0.2, -0.15) is 5.26 Å². The molecule has 0 fully saturated rings. The Labute approximate surface area is 146 Å². The lowest BCUT2D eigenvalue weighted by molar-refractivity contribution is 0.410. The molecule has 25 heavy (non-hydrogen) atoms. The molecular weight excluding hydrogens is 314 g/mol. The summed E-state index contributed by atoms with van der Waals surface area (Å²) in [6.07, 6.45) is 1.50. The van der Waals surface area contributed by atoms with Gasteiger partial charge in [0.25, 0.3) is 0 Å². The van der Waals surface area contributed by atoms with Crippen molar-refractivity contribution in [3.05, 3.63) is 72.1 Å². The van der Waals surface area contributed by atoms with Crippen LogP contribution in [0.3, 0.4) is 0 Å². The van der Waals surface area contributed by atoms with E-state index in [0.717, 1.165) is 17.0 Å². The zero-order valence-corrected chi connectivity index (χ0v) is 13.7. The summed E-state index contributed by atoms with van der Waals surface area (Å²) in [6, 6.07) is 18.9. The first kappa shape index (κ1) is 16.3. The highest BCUT2D eigenvalue weighted by Gasteiger charge is 2.03. The molecule has 6 nitrogen and oxygen atoms in total. The van der Waals surface area contributed by atoms with Gasteiger partial charge >= 0.3 is 0 Å². The summed E-state index contributed by atoms with van der Waals surface area (Å²) in [6.45, 7) is 0.595. The Hall–Kier alpha value is -3.59. The third-order valence-corrected chi connectivity index (χ3v) is 3.61. The fourth-order valence-electron chi connectivity index (χ4n) is 2.33. The van der Waals surface area contributed by atoms with Gasteiger partial charge in [0.05, 0.1) is 18.7 Å². The molecule has 0 spiro atoms. The lowest BCUT2D eigenvalue weighted by Crippen LogP contribution is -2.04. The van der Waals surface area contributed by atoms with Crippen molar-refractivity contribution in [1.29, 1.82) is 5.26 Å². The molecule has 0 aliphatic rings. The van der Waals surface area contributed by atoms with Crippen molar-refractivity contribution in [3.63, 3.8) is 0 Å². The van der Waals surface area contributed by atoms with Crippen LogP contribution in [-0.2, 0) is 6.54 Å². The van der Waals surface area contributed by atoms with E-state index in [1.807, 2.05) is 42.5 Å². The highest BCUT2D eigenvalue weighted by atomic mass is 16.5. The number of nitrogens with one attached hydrogen (secondary N) is 2. The molecule has 3 rings (SSSR count). The second-order valence-electron chi connectivity index (χ2n) is 5.27. The van der Waals surface area contributed by atoms with Crippen molar-refractivity contribution in [1.82, 2.24) is 9.97 Å². The number of benzene rings is 2. The third kappa shape index (κ3) is 4.24. The highest BCUT2D eigenvalue weighted by Crippen LogP contribution is 2.20. The number of ether oxygens (including phenoxy) is 1. The molecule has 0 unspecified atom stereocenters. The first-order valence-corrected chi connectivity index (χ1v) is 7.73. The maximum absolute atomic E-state index is 8.84. The van der Waals surface area contributed by atoms with Crippen LogP contribution in [0.2, 0.25) is 0 Å². The first-order valence-electron chi connectivity index (χ1n) is 7.73. The van der Waals surface area contributed by atoms with Crippen LogP contribution in [0.4, 0.5) is 17.3 Å². The van der Waals surface area contributed by atoms with Crippen LogP contribution in [0.1, 0.15) is 11.1 Å². The predicted octanol–water partition coefficient (Wildman–Crippen LogP) is 3.71. The number of rotatable bonds is 6. The van der Waals surface area contributed by atoms with E-state index in [2.05, 4.69) is 26.7 Å². The minimum Gasteiger partial charge on any atom is -0.496 e. The molecule has 1 aromatic heterocycles. The quantitative estimate of drug-likeness (QED) is 0.716. The molecule has 0 saturated carbocycles. The Bertz CT molecular complexity index is 887. The van der Waals surface area contributed by atoms with Crippen LogP contribution in [0, 0.1) is 11.3 Å². The van der Waals surface area contributed by atoms with Crippen LogP contribution in [0.25, 0.3) is 0 Å². The lowest BCUT2D eigenvalue weighted by Gasteiger charge is -2.11. The number of hydrogen-bond acceptors (Lipinski definition) is 6. The molecule has 2 aromatic carbocycles. The van der Waals surface area contributed by atoms with Gasteiger partial charge in [-0.15, -0.1) is 0 Å². The normalized spacial score (nSPS) is 9.92. The molecule has 6 heteroatoms. The zero-order chi connectivity index (χ0) is 17.5. The molecule has 0 saturated heterocycles. The van der Waals surface area contributed by atoms with E-state index in [1.54, 1.807) is 19.2 Å². The van der Waals surface area contributed by atoms with Crippen molar-refractivity contribution >= 4 is 17.3 Å². The molecule has 0 amide bonds. The molecule has 0 radical (unpaired) electrons. The number of para-hydroxylation sites is 1. The smallest absolute Gasteiger partial charge is 0.135 e. The second-order valence-corrected chi connectivity index (χ2v) is 5.27. The van der Waals surface area contributed by atoms with Crippen LogP contribution in [0.5, 0.6) is 5.75 Å². The summed E-state index contributed by atoms with van der Waals surface area (Å²) in [7, 11) is 1.66. The Kier molecular flexibility index (Phi) is 5.07. The van der Waals surface area contributed by atoms with Crippen LogP contribution < -0.4 is 15.4 Å². The molecule has 0 aliphatic carbocycles. The molecule has 2 N–H and O–H groups in total. The standard InChI is InChI=1S/C19H17N5O/c1-25-17-5-3-2-4-15(17)12-21-18-10-19(23-13-22-18)24-16-8-6-14(11-20)7-9-16/h2-10,13H,12H2,1H3,(H2,21,22,23,24). The molecule has 0 bridgehead atoms. The van der Waals surface area contributed by atoms with E-state index in [4.69, 9.17) is 10.00 Å². The topological polar surface area (TPSA) is 82.9 Å². The van der Waals surface area contributed by atoms with Crippen molar-refractivity contribution in [2.24, 2.45) is 0 Å². The summed E-state index contributed by atoms with van der Waals surface area (Å²) in [5.74, 6) is 2.21. The third-order valence-electron chi connectivity index (χ3n) is 3.61. The van der Waals surface area contributed by atoms with Gasteiger partial charge in [-0.05, 0) is 30.3 Å². The molecule has 1 heterocycles. The largest absolute Gasteiger partial charge is 0.496 e. The van der Waals surface area contributed by atoms with Crippen LogP contribution in [0.15, 0.2) is 60.9 Å². The summed E-state index contributed by atoms with van der Waals surface area (Å²) in [5.41, 5.74) is 2.52. The van der Waals surface area contributed by atoms with Gasteiger partial charge in [0, 0.05) is 23.9 Å². The van der Waals surface area contributed by atoms with Crippen LogP contribution >= 0.6 is 0 Å². The maximum atomic E-state index is 8.84. The highest BCUT2D eigenvalue weighted by molar-refractivity contribution is 5.59. The number of methoxy groups -OCH3 is 1. The number of nitriles is 1. The van der Waals surface area contributed by atoms with E-state index < -0.39 is 0 Å². The Morgan fingerprint density at radius 2 is 1.80 bits per heavy atom. The molecular formula is C19H17N5O. The van der Waals surface area contributed by atoms with Gasteiger partial charge in [-0.25, -0.2) is 9.97 Å². The molecule has 3 aromatic rings. The van der Waals surface area contributed by atoms with Crippen LogP contribution in [-0.4, -0.2) is 17.1 Å². The summed E-state index contributed by atoms with van der Waals surface area (Å²) >= 11 is 0. The summed E-state index contributed by atoms with van der Waals surface area (Å²) < 4.78 is 5.35. The molecule has 0 atom stereocenters. The molecule has 124 valence electrons. The minimum atomic E-state index is 0.595. The minimum absolute atomic E-state index is 0.595. The first-order chi connectivity index (χ1) is 12.3. The van der Waals surface area contributed by atoms with E-state index >= 15 is 0 Å². The van der Waals surface area contributed by atoms with Gasteiger partial charge in [0.2, 0.25) is 0 Å². The second kappa shape index (κ2) is 7.79. The zero-order valence-electron chi connectivity index (χ0n) is 13.7. The number of hydrogen-bond donors (Lipinski definition) is 2. The van der Waals surface area contributed by atoms with E-state index in [1.165, 1.54) is 6.33 Å². The van der Waals surface area contributed by atoms with E-state index in [9.17, 15) is 0 Å². The summed E-state index contributed by atoms with van der Waals surface area (Å²) in [5, 5.41) is 15.3. The van der Waals surface area contributed by atoms with Gasteiger partial charge in [0.1, 0.15) is 23.7 Å². The van der Waals surface area contributed by atoms with Gasteiger partial charge < -0.3 is 15.4 Å². The van der Waals surface area contributed by atoms with Gasteiger partial charge in [-0.1, -0.05) is 18.2 Å². The molecule has 0 aliphatic heterocycles. The maximum Gasteiger partial charge on any atom is 0.135 e. The number of nitrogens with zero attached hydrogens (tertiary/aromatic N) is 3. The van der Waals surface area contributed by atoms with E-state index in [-0.39, 0.29) is 0 Å². The van der Waals surface area contributed by atoms with Gasteiger partial charge in [0.15, 0.2) is 0 Å². The number of anilines is 3. The monoisotopic (exact) mass is 331 g/mol. The van der Waals surface area contributed by atoms with Crippen molar-refractivity contribution < 1.29 is 4.74 Å². The summed E-state index contributed by atoms with van der Waals surface area (Å²) in [4.78, 5) is 8.45. The van der Waals surface area contributed by atoms with E-state index in [0.29, 0.717) is 23.7 Å². The average Bonchev–Trinajstić information content (AvgIpc) is 2.67. The van der Waals surface area contributed by atoms with Crippen molar-refractivity contribution in [3.8, 4) is 11.8 Å². The lowest BCUT2D eigenvalue weighted by atomic mass is 10.2. The SMILES string of the molecule is COc1ccccc1CNc1cc(Nc2ccc(C#N)cc2)ncn1. The predicted molar refractivity (Wildman–Crippen MR) is 96.8 cm³/mol. The Balaban J connectivity index is 1.67.